The van der Waals surface area contributed by atoms with Gasteiger partial charge in [0.15, 0.2) is 5.82 Å². The third-order valence-corrected chi connectivity index (χ3v) is 4.26. The van der Waals surface area contributed by atoms with Crippen LogP contribution in [-0.2, 0) is 14.3 Å². The lowest BCUT2D eigenvalue weighted by Gasteiger charge is -2.24. The molecule has 7 heteroatoms. The normalized spacial score (nSPS) is 37.8. The molecule has 1 amide bonds. The van der Waals surface area contributed by atoms with Gasteiger partial charge in [-0.1, -0.05) is 17.3 Å². The van der Waals surface area contributed by atoms with E-state index in [4.69, 9.17) is 9.26 Å². The summed E-state index contributed by atoms with van der Waals surface area (Å²) >= 11 is 0. The number of carbonyl (C=O) groups is 2. The van der Waals surface area contributed by atoms with Crippen LogP contribution in [0.2, 0.25) is 0 Å². The molecule has 0 aliphatic carbocycles. The molecule has 104 valence electrons. The van der Waals surface area contributed by atoms with Crippen LogP contribution in [0.3, 0.4) is 0 Å². The van der Waals surface area contributed by atoms with Crippen LogP contribution >= 0.6 is 0 Å². The molecule has 3 aliphatic heterocycles. The van der Waals surface area contributed by atoms with Crippen molar-refractivity contribution >= 4 is 17.7 Å². The Morgan fingerprint density at radius 2 is 2.40 bits per heavy atom. The number of nitrogens with zero attached hydrogens (tertiary/aromatic N) is 2. The summed E-state index contributed by atoms with van der Waals surface area (Å²) in [7, 11) is 0. The van der Waals surface area contributed by atoms with Crippen LogP contribution in [0.15, 0.2) is 22.7 Å². The third kappa shape index (κ3) is 1.25. The number of anilines is 1. The molecule has 2 fully saturated rings. The number of carboxylic acids is 1. The van der Waals surface area contributed by atoms with Gasteiger partial charge in [0.1, 0.15) is 11.4 Å². The lowest BCUT2D eigenvalue weighted by atomic mass is 9.77. The Morgan fingerprint density at radius 3 is 3.05 bits per heavy atom. The van der Waals surface area contributed by atoms with Crippen molar-refractivity contribution < 1.29 is 24.0 Å². The van der Waals surface area contributed by atoms with Crippen LogP contribution in [0.25, 0.3) is 0 Å². The van der Waals surface area contributed by atoms with E-state index >= 15 is 0 Å². The van der Waals surface area contributed by atoms with Crippen LogP contribution in [0.5, 0.6) is 0 Å². The molecule has 4 atom stereocenters. The zero-order valence-electron chi connectivity index (χ0n) is 10.6. The minimum atomic E-state index is -1.25. The van der Waals surface area contributed by atoms with E-state index in [1.807, 2.05) is 0 Å². The van der Waals surface area contributed by atoms with E-state index in [1.54, 1.807) is 25.1 Å². The minimum Gasteiger partial charge on any atom is -0.550 e. The lowest BCUT2D eigenvalue weighted by molar-refractivity contribution is -0.313. The lowest BCUT2D eigenvalue weighted by Crippen LogP contribution is -2.45. The van der Waals surface area contributed by atoms with Gasteiger partial charge in [0.25, 0.3) is 0 Å². The van der Waals surface area contributed by atoms with Gasteiger partial charge in [0.2, 0.25) is 5.91 Å². The minimum absolute atomic E-state index is 0.249. The van der Waals surface area contributed by atoms with E-state index in [-0.39, 0.29) is 12.5 Å². The van der Waals surface area contributed by atoms with Crippen molar-refractivity contribution in [1.82, 2.24) is 5.16 Å². The molecule has 20 heavy (non-hydrogen) atoms. The predicted molar refractivity (Wildman–Crippen MR) is 62.3 cm³/mol. The highest BCUT2D eigenvalue weighted by molar-refractivity contribution is 6.01. The van der Waals surface area contributed by atoms with Gasteiger partial charge in [-0.25, -0.2) is 0 Å². The number of fused-ring (bicyclic) bond motifs is 1. The maximum absolute atomic E-state index is 12.5. The molecule has 4 rings (SSSR count). The summed E-state index contributed by atoms with van der Waals surface area (Å²) in [5, 5.41) is 15.1. The first kappa shape index (κ1) is 11.7. The first-order chi connectivity index (χ1) is 9.52. The van der Waals surface area contributed by atoms with Gasteiger partial charge in [0.05, 0.1) is 18.6 Å². The Labute approximate surface area is 113 Å². The van der Waals surface area contributed by atoms with E-state index in [9.17, 15) is 14.7 Å². The molecule has 1 aromatic heterocycles. The van der Waals surface area contributed by atoms with Gasteiger partial charge in [-0.3, -0.25) is 9.69 Å². The quantitative estimate of drug-likeness (QED) is 0.644. The number of rotatable bonds is 2. The van der Waals surface area contributed by atoms with Crippen LogP contribution in [0.1, 0.15) is 5.76 Å². The van der Waals surface area contributed by atoms with Crippen molar-refractivity contribution in [2.75, 3.05) is 11.4 Å². The summed E-state index contributed by atoms with van der Waals surface area (Å²) in [5.74, 6) is -2.28. The van der Waals surface area contributed by atoms with Crippen LogP contribution in [-0.4, -0.2) is 35.3 Å². The third-order valence-electron chi connectivity index (χ3n) is 4.26. The Kier molecular flexibility index (Phi) is 2.03. The molecule has 3 aliphatic rings. The van der Waals surface area contributed by atoms with Crippen molar-refractivity contribution in [2.45, 2.75) is 18.6 Å². The Hall–Kier alpha value is -2.15. The van der Waals surface area contributed by atoms with Crippen molar-refractivity contribution in [3.8, 4) is 0 Å². The molecule has 2 bridgehead atoms. The number of carbonyl (C=O) groups excluding carboxylic acids is 2. The number of hydrogen-bond acceptors (Lipinski definition) is 6. The van der Waals surface area contributed by atoms with Gasteiger partial charge < -0.3 is 19.2 Å². The second-order valence-electron chi connectivity index (χ2n) is 5.44. The number of amides is 1. The van der Waals surface area contributed by atoms with Gasteiger partial charge in [-0.2, -0.15) is 0 Å². The summed E-state index contributed by atoms with van der Waals surface area (Å²) < 4.78 is 10.7. The Balaban J connectivity index is 1.75. The molecule has 0 radical (unpaired) electrons. The summed E-state index contributed by atoms with van der Waals surface area (Å²) in [5.41, 5.74) is -0.876. The van der Waals surface area contributed by atoms with Crippen molar-refractivity contribution in [3.05, 3.63) is 24.0 Å². The molecule has 0 saturated carbocycles. The fourth-order valence-corrected chi connectivity index (χ4v) is 3.44. The van der Waals surface area contributed by atoms with E-state index < -0.39 is 29.5 Å². The maximum Gasteiger partial charge on any atom is 0.235 e. The fourth-order valence-electron chi connectivity index (χ4n) is 3.44. The van der Waals surface area contributed by atoms with Crippen molar-refractivity contribution in [1.29, 1.82) is 0 Å². The van der Waals surface area contributed by atoms with Crippen molar-refractivity contribution in [3.63, 3.8) is 0 Å². The topological polar surface area (TPSA) is 95.7 Å². The highest BCUT2D eigenvalue weighted by Crippen LogP contribution is 2.52. The smallest absolute Gasteiger partial charge is 0.235 e. The molecule has 7 nitrogen and oxygen atoms in total. The first-order valence-corrected chi connectivity index (χ1v) is 6.34. The molecule has 0 unspecified atom stereocenters. The largest absolute Gasteiger partial charge is 0.550 e. The number of ether oxygens (including phenoxy) is 1. The second-order valence-corrected chi connectivity index (χ2v) is 5.44. The number of carboxylic acid groups (broad SMARTS) is 1. The average molecular weight is 275 g/mol. The molecule has 1 aromatic rings. The standard InChI is InChI=1S/C13H12N2O5/c1-6-4-8(14-20-6)15-5-13-3-2-7(19-13)9(12(17)18)10(13)11(15)16/h2-4,7,9-10H,5H2,1H3,(H,17,18)/p-1/t7-,9-,10-,13-/m1/s1. The van der Waals surface area contributed by atoms with E-state index in [1.165, 1.54) is 4.90 Å². The van der Waals surface area contributed by atoms with E-state index in [2.05, 4.69) is 5.16 Å². The molecule has 1 spiro atoms. The molecular weight excluding hydrogens is 264 g/mol. The SMILES string of the molecule is Cc1cc(N2C[C@@]34C=C[C@@H](O3)[C@@H](C(=O)[O-])[C@@H]4C2=O)no1. The van der Waals surface area contributed by atoms with Gasteiger partial charge in [0, 0.05) is 18.0 Å². The summed E-state index contributed by atoms with van der Waals surface area (Å²) in [6.45, 7) is 1.97. The van der Waals surface area contributed by atoms with Crippen LogP contribution in [0, 0.1) is 18.8 Å². The molecule has 2 saturated heterocycles. The van der Waals surface area contributed by atoms with Gasteiger partial charge in [-0.15, -0.1) is 0 Å². The Bertz CT molecular complexity index is 651. The zero-order chi connectivity index (χ0) is 14.1. The van der Waals surface area contributed by atoms with Gasteiger partial charge in [-0.05, 0) is 6.92 Å². The van der Waals surface area contributed by atoms with Crippen LogP contribution in [0.4, 0.5) is 5.82 Å². The molecule has 4 heterocycles. The van der Waals surface area contributed by atoms with Crippen molar-refractivity contribution in [2.24, 2.45) is 11.8 Å². The number of aryl methyl sites for hydroxylation is 1. The monoisotopic (exact) mass is 275 g/mol. The summed E-state index contributed by atoms with van der Waals surface area (Å²) in [6.07, 6.45) is 2.91. The number of aromatic nitrogens is 1. The molecule has 0 N–H and O–H groups in total. The number of aliphatic carboxylic acids is 1. The summed E-state index contributed by atoms with van der Waals surface area (Å²) in [6, 6.07) is 1.64. The zero-order valence-corrected chi connectivity index (χ0v) is 10.6. The van der Waals surface area contributed by atoms with E-state index in [0.717, 1.165) is 0 Å². The highest BCUT2D eigenvalue weighted by Gasteiger charge is 2.65. The Morgan fingerprint density at radius 1 is 1.60 bits per heavy atom. The number of hydrogen-bond donors (Lipinski definition) is 0. The maximum atomic E-state index is 12.5. The average Bonchev–Trinajstić information content (AvgIpc) is 3.10. The summed E-state index contributed by atoms with van der Waals surface area (Å²) in [4.78, 5) is 25.2. The predicted octanol–water partition coefficient (Wildman–Crippen LogP) is -0.981. The van der Waals surface area contributed by atoms with Gasteiger partial charge >= 0.3 is 0 Å². The molecule has 0 aromatic carbocycles. The second kappa shape index (κ2) is 3.49. The van der Waals surface area contributed by atoms with E-state index in [0.29, 0.717) is 11.6 Å². The first-order valence-electron chi connectivity index (χ1n) is 6.34. The fraction of sp³-hybridized carbons (Fsp3) is 0.462. The molecular formula is C13H11N2O5-. The highest BCUT2D eigenvalue weighted by atomic mass is 16.5. The van der Waals surface area contributed by atoms with Crippen LogP contribution < -0.4 is 10.0 Å².